The first-order chi connectivity index (χ1) is 16.5. The van der Waals surface area contributed by atoms with Gasteiger partial charge in [-0.3, -0.25) is 9.59 Å². The van der Waals surface area contributed by atoms with E-state index in [1.807, 2.05) is 74.5 Å². The van der Waals surface area contributed by atoms with Crippen LogP contribution in [-0.4, -0.2) is 28.8 Å². The lowest BCUT2D eigenvalue weighted by atomic mass is 10.0. The van der Waals surface area contributed by atoms with Crippen molar-refractivity contribution in [1.29, 1.82) is 0 Å². The van der Waals surface area contributed by atoms with E-state index in [0.717, 1.165) is 23.1 Å². The molecule has 5 heteroatoms. The molecule has 2 atom stereocenters. The Morgan fingerprint density at radius 1 is 0.853 bits per heavy atom. The van der Waals surface area contributed by atoms with E-state index in [9.17, 15) is 14.0 Å². The molecule has 0 fully saturated rings. The van der Waals surface area contributed by atoms with Crippen LogP contribution in [0.4, 0.5) is 4.39 Å². The smallest absolute Gasteiger partial charge is 0.243 e. The molecule has 178 valence electrons. The number of halogens is 1. The molecule has 0 bridgehead atoms. The van der Waals surface area contributed by atoms with Crippen LogP contribution in [-0.2, 0) is 29.0 Å². The minimum Gasteiger partial charge on any atom is -0.352 e. The van der Waals surface area contributed by atoms with E-state index in [4.69, 9.17) is 0 Å². The SMILES string of the molecule is CC[C@H](C)NC(=O)[C@@H](Cc1ccccc1)N(Cc1ccc(F)cc1)C(=O)CCc1ccccc1. The average Bonchev–Trinajstić information content (AvgIpc) is 2.87. The zero-order valence-corrected chi connectivity index (χ0v) is 19.9. The van der Waals surface area contributed by atoms with Gasteiger partial charge in [0.1, 0.15) is 11.9 Å². The van der Waals surface area contributed by atoms with Gasteiger partial charge in [0.05, 0.1) is 0 Å². The fraction of sp³-hybridized carbons (Fsp3) is 0.310. The van der Waals surface area contributed by atoms with Gasteiger partial charge in [-0.25, -0.2) is 4.39 Å². The molecule has 34 heavy (non-hydrogen) atoms. The van der Waals surface area contributed by atoms with Gasteiger partial charge in [0.25, 0.3) is 0 Å². The van der Waals surface area contributed by atoms with Crippen LogP contribution in [0.15, 0.2) is 84.9 Å². The van der Waals surface area contributed by atoms with Crippen molar-refractivity contribution in [3.63, 3.8) is 0 Å². The maximum absolute atomic E-state index is 13.6. The fourth-order valence-electron chi connectivity index (χ4n) is 3.82. The lowest BCUT2D eigenvalue weighted by molar-refractivity contribution is -0.141. The van der Waals surface area contributed by atoms with E-state index < -0.39 is 6.04 Å². The van der Waals surface area contributed by atoms with Crippen molar-refractivity contribution >= 4 is 11.8 Å². The predicted molar refractivity (Wildman–Crippen MR) is 134 cm³/mol. The van der Waals surface area contributed by atoms with Crippen LogP contribution in [0.25, 0.3) is 0 Å². The van der Waals surface area contributed by atoms with Crippen molar-refractivity contribution in [1.82, 2.24) is 10.2 Å². The third-order valence-electron chi connectivity index (χ3n) is 6.01. The first-order valence-corrected chi connectivity index (χ1v) is 11.9. The molecule has 0 aliphatic carbocycles. The van der Waals surface area contributed by atoms with Gasteiger partial charge in [-0.2, -0.15) is 0 Å². The van der Waals surface area contributed by atoms with E-state index >= 15 is 0 Å². The summed E-state index contributed by atoms with van der Waals surface area (Å²) >= 11 is 0. The zero-order valence-electron chi connectivity index (χ0n) is 19.9. The van der Waals surface area contributed by atoms with Crippen LogP contribution in [0, 0.1) is 5.82 Å². The molecule has 0 aliphatic rings. The van der Waals surface area contributed by atoms with Crippen LogP contribution in [0.2, 0.25) is 0 Å². The fourth-order valence-corrected chi connectivity index (χ4v) is 3.82. The van der Waals surface area contributed by atoms with Gasteiger partial charge in [0.15, 0.2) is 0 Å². The minimum atomic E-state index is -0.676. The largest absolute Gasteiger partial charge is 0.352 e. The number of carbonyl (C=O) groups is 2. The number of nitrogens with one attached hydrogen (secondary N) is 1. The molecular formula is C29H33FN2O2. The van der Waals surface area contributed by atoms with Crippen LogP contribution in [0.3, 0.4) is 0 Å². The number of benzene rings is 3. The van der Waals surface area contributed by atoms with Crippen molar-refractivity contribution in [2.45, 2.75) is 58.2 Å². The van der Waals surface area contributed by atoms with Gasteiger partial charge in [-0.1, -0.05) is 79.7 Å². The Hall–Kier alpha value is -3.47. The van der Waals surface area contributed by atoms with E-state index in [1.165, 1.54) is 12.1 Å². The Morgan fingerprint density at radius 3 is 2.03 bits per heavy atom. The predicted octanol–water partition coefficient (Wildman–Crippen LogP) is 5.31. The van der Waals surface area contributed by atoms with Crippen molar-refractivity contribution in [2.24, 2.45) is 0 Å². The highest BCUT2D eigenvalue weighted by Crippen LogP contribution is 2.17. The van der Waals surface area contributed by atoms with Crippen LogP contribution >= 0.6 is 0 Å². The van der Waals surface area contributed by atoms with Gasteiger partial charge in [-0.15, -0.1) is 0 Å². The number of rotatable bonds is 11. The molecule has 3 aromatic carbocycles. The summed E-state index contributed by atoms with van der Waals surface area (Å²) in [5.74, 6) is -0.608. The van der Waals surface area contributed by atoms with Gasteiger partial charge in [-0.05, 0) is 48.6 Å². The molecule has 4 nitrogen and oxygen atoms in total. The normalized spacial score (nSPS) is 12.6. The van der Waals surface area contributed by atoms with Gasteiger partial charge in [0, 0.05) is 25.4 Å². The first kappa shape index (κ1) is 25.2. The molecule has 0 radical (unpaired) electrons. The van der Waals surface area contributed by atoms with Crippen molar-refractivity contribution in [3.8, 4) is 0 Å². The molecule has 2 amide bonds. The molecule has 0 unspecified atom stereocenters. The number of nitrogens with zero attached hydrogens (tertiary/aromatic N) is 1. The molecule has 3 rings (SSSR count). The van der Waals surface area contributed by atoms with Gasteiger partial charge < -0.3 is 10.2 Å². The highest BCUT2D eigenvalue weighted by molar-refractivity contribution is 5.88. The topological polar surface area (TPSA) is 49.4 Å². The third-order valence-corrected chi connectivity index (χ3v) is 6.01. The number of hydrogen-bond donors (Lipinski definition) is 1. The Bertz CT molecular complexity index is 1040. The lowest BCUT2D eigenvalue weighted by Gasteiger charge is -2.32. The monoisotopic (exact) mass is 460 g/mol. The Labute approximate surface area is 201 Å². The van der Waals surface area contributed by atoms with E-state index in [0.29, 0.717) is 12.8 Å². The summed E-state index contributed by atoms with van der Waals surface area (Å²) in [7, 11) is 0. The summed E-state index contributed by atoms with van der Waals surface area (Å²) in [6.45, 7) is 4.21. The Balaban J connectivity index is 1.90. The molecule has 1 N–H and O–H groups in total. The summed E-state index contributed by atoms with van der Waals surface area (Å²) in [5.41, 5.74) is 2.83. The quantitative estimate of drug-likeness (QED) is 0.421. The highest BCUT2D eigenvalue weighted by Gasteiger charge is 2.30. The standard InChI is InChI=1S/C29H33FN2O2/c1-3-22(2)31-29(34)27(20-24-12-8-5-9-13-24)32(21-25-14-17-26(30)18-15-25)28(33)19-16-23-10-6-4-7-11-23/h4-15,17-18,22,27H,3,16,19-21H2,1-2H3,(H,31,34)/t22-,27+/m0/s1. The summed E-state index contributed by atoms with van der Waals surface area (Å²) in [6, 6.07) is 25.0. The summed E-state index contributed by atoms with van der Waals surface area (Å²) < 4.78 is 13.5. The van der Waals surface area contributed by atoms with Crippen molar-refractivity contribution < 1.29 is 14.0 Å². The maximum atomic E-state index is 13.6. The molecule has 0 saturated heterocycles. The minimum absolute atomic E-state index is 0.00198. The highest BCUT2D eigenvalue weighted by atomic mass is 19.1. The molecule has 0 heterocycles. The number of aryl methyl sites for hydroxylation is 1. The second kappa shape index (κ2) is 12.7. The summed E-state index contributed by atoms with van der Waals surface area (Å²) in [4.78, 5) is 28.6. The maximum Gasteiger partial charge on any atom is 0.243 e. The van der Waals surface area contributed by atoms with Gasteiger partial charge in [0.2, 0.25) is 11.8 Å². The second-order valence-corrected chi connectivity index (χ2v) is 8.66. The van der Waals surface area contributed by atoms with Crippen LogP contribution in [0.1, 0.15) is 43.4 Å². The second-order valence-electron chi connectivity index (χ2n) is 8.66. The first-order valence-electron chi connectivity index (χ1n) is 11.9. The van der Waals surface area contributed by atoms with Crippen molar-refractivity contribution in [2.75, 3.05) is 0 Å². The van der Waals surface area contributed by atoms with E-state index in [1.54, 1.807) is 17.0 Å². The number of hydrogen-bond acceptors (Lipinski definition) is 2. The Kier molecular flexibility index (Phi) is 9.39. The summed E-state index contributed by atoms with van der Waals surface area (Å²) in [6.07, 6.45) is 2.07. The molecular weight excluding hydrogens is 427 g/mol. The molecule has 0 aromatic heterocycles. The molecule has 0 aliphatic heterocycles. The van der Waals surface area contributed by atoms with Crippen LogP contribution < -0.4 is 5.32 Å². The number of amides is 2. The molecule has 0 saturated carbocycles. The molecule has 3 aromatic rings. The zero-order chi connectivity index (χ0) is 24.3. The third kappa shape index (κ3) is 7.55. The lowest BCUT2D eigenvalue weighted by Crippen LogP contribution is -2.52. The van der Waals surface area contributed by atoms with E-state index in [2.05, 4.69) is 5.32 Å². The summed E-state index contributed by atoms with van der Waals surface area (Å²) in [5, 5.41) is 3.06. The van der Waals surface area contributed by atoms with E-state index in [-0.39, 0.29) is 36.6 Å². The number of carbonyl (C=O) groups excluding carboxylic acids is 2. The Morgan fingerprint density at radius 2 is 1.44 bits per heavy atom. The van der Waals surface area contributed by atoms with Crippen molar-refractivity contribution in [3.05, 3.63) is 107 Å². The van der Waals surface area contributed by atoms with Crippen LogP contribution in [0.5, 0.6) is 0 Å². The average molecular weight is 461 g/mol. The van der Waals surface area contributed by atoms with Gasteiger partial charge >= 0.3 is 0 Å². The molecule has 0 spiro atoms.